The largest absolute Gasteiger partial charge is 0.382 e. The van der Waals surface area contributed by atoms with E-state index in [1.807, 2.05) is 0 Å². The molecular formula is C22H22BF2N7O2. The molecule has 12 heteroatoms. The van der Waals surface area contributed by atoms with Gasteiger partial charge in [0.1, 0.15) is 11.6 Å². The van der Waals surface area contributed by atoms with Crippen molar-refractivity contribution in [3.63, 3.8) is 0 Å². The van der Waals surface area contributed by atoms with Crippen LogP contribution in [0.3, 0.4) is 0 Å². The van der Waals surface area contributed by atoms with E-state index < -0.39 is 23.1 Å². The molecule has 0 spiro atoms. The molecule has 1 aliphatic heterocycles. The second-order valence-electron chi connectivity index (χ2n) is 7.57. The van der Waals surface area contributed by atoms with Crippen LogP contribution in [0.15, 0.2) is 36.8 Å². The third-order valence-electron chi connectivity index (χ3n) is 5.33. The lowest BCUT2D eigenvalue weighted by Crippen LogP contribution is -2.36. The summed E-state index contributed by atoms with van der Waals surface area (Å²) in [6.45, 7) is 2.79. The summed E-state index contributed by atoms with van der Waals surface area (Å²) in [5, 5.41) is 5.17. The van der Waals surface area contributed by atoms with E-state index in [4.69, 9.17) is 18.5 Å². The van der Waals surface area contributed by atoms with Gasteiger partial charge in [-0.1, -0.05) is 0 Å². The van der Waals surface area contributed by atoms with Crippen molar-refractivity contribution in [3.8, 4) is 11.3 Å². The quantitative estimate of drug-likeness (QED) is 0.452. The van der Waals surface area contributed by atoms with Gasteiger partial charge in [0.2, 0.25) is 0 Å². The highest BCUT2D eigenvalue weighted by atomic mass is 19.1. The average molecular weight is 465 g/mol. The summed E-state index contributed by atoms with van der Waals surface area (Å²) >= 11 is 0. The molecule has 3 heterocycles. The van der Waals surface area contributed by atoms with Crippen molar-refractivity contribution in [1.82, 2.24) is 20.2 Å². The summed E-state index contributed by atoms with van der Waals surface area (Å²) in [5.74, 6) is -2.52. The van der Waals surface area contributed by atoms with E-state index in [1.54, 1.807) is 12.3 Å². The van der Waals surface area contributed by atoms with Crippen LogP contribution in [-0.4, -0.2) is 61.7 Å². The van der Waals surface area contributed by atoms with Gasteiger partial charge in [-0.2, -0.15) is 0 Å². The van der Waals surface area contributed by atoms with E-state index in [-0.39, 0.29) is 17.2 Å². The van der Waals surface area contributed by atoms with Gasteiger partial charge < -0.3 is 25.9 Å². The highest BCUT2D eigenvalue weighted by Gasteiger charge is 2.22. The van der Waals surface area contributed by atoms with Gasteiger partial charge in [0, 0.05) is 19.3 Å². The zero-order chi connectivity index (χ0) is 24.1. The number of rotatable bonds is 7. The number of nitrogens with two attached hydrogens (primary N) is 1. The molecule has 1 saturated heterocycles. The van der Waals surface area contributed by atoms with Crippen LogP contribution < -0.4 is 21.2 Å². The van der Waals surface area contributed by atoms with E-state index in [2.05, 4.69) is 30.4 Å². The number of hydrogen-bond donors (Lipinski definition) is 3. The van der Waals surface area contributed by atoms with Gasteiger partial charge >= 0.3 is 0 Å². The van der Waals surface area contributed by atoms with Crippen molar-refractivity contribution in [3.05, 3.63) is 59.7 Å². The predicted molar refractivity (Wildman–Crippen MR) is 124 cm³/mol. The highest BCUT2D eigenvalue weighted by molar-refractivity contribution is 6.07. The SMILES string of the molecule is [B]NCCc1cc(F)c(-c2cnc(N)c(C(=O)Nc3cnccc3N3CCOCC3)n2)c(F)c1. The summed E-state index contributed by atoms with van der Waals surface area (Å²) in [7, 11) is 5.22. The van der Waals surface area contributed by atoms with Gasteiger partial charge in [0.05, 0.1) is 48.2 Å². The second-order valence-corrected chi connectivity index (χ2v) is 7.57. The number of amides is 1. The first-order valence-corrected chi connectivity index (χ1v) is 10.6. The van der Waals surface area contributed by atoms with Gasteiger partial charge in [-0.25, -0.2) is 18.7 Å². The lowest BCUT2D eigenvalue weighted by molar-refractivity contribution is 0.102. The van der Waals surface area contributed by atoms with Crippen LogP contribution in [0.25, 0.3) is 11.3 Å². The Morgan fingerprint density at radius 2 is 1.94 bits per heavy atom. The topological polar surface area (TPSA) is 118 Å². The van der Waals surface area contributed by atoms with E-state index in [9.17, 15) is 13.6 Å². The number of carbonyl (C=O) groups excluding carboxylic acids is 1. The Balaban J connectivity index is 1.62. The van der Waals surface area contributed by atoms with E-state index in [0.717, 1.165) is 11.9 Å². The maximum atomic E-state index is 14.7. The van der Waals surface area contributed by atoms with Crippen LogP contribution >= 0.6 is 0 Å². The lowest BCUT2D eigenvalue weighted by Gasteiger charge is -2.30. The van der Waals surface area contributed by atoms with Crippen molar-refractivity contribution >= 4 is 31.1 Å². The molecule has 1 aromatic carbocycles. The molecule has 174 valence electrons. The molecule has 1 amide bonds. The zero-order valence-corrected chi connectivity index (χ0v) is 18.2. The van der Waals surface area contributed by atoms with Gasteiger partial charge in [0.15, 0.2) is 19.5 Å². The van der Waals surface area contributed by atoms with E-state index >= 15 is 0 Å². The number of ether oxygens (including phenoxy) is 1. The van der Waals surface area contributed by atoms with Crippen molar-refractivity contribution in [2.45, 2.75) is 6.42 Å². The summed E-state index contributed by atoms with van der Waals surface area (Å²) < 4.78 is 34.9. The molecule has 1 aliphatic rings. The number of hydrogen-bond acceptors (Lipinski definition) is 8. The highest BCUT2D eigenvalue weighted by Crippen LogP contribution is 2.28. The van der Waals surface area contributed by atoms with Gasteiger partial charge in [0.25, 0.3) is 5.91 Å². The lowest BCUT2D eigenvalue weighted by atomic mass is 10.0. The van der Waals surface area contributed by atoms with Crippen LogP contribution in [0.1, 0.15) is 16.1 Å². The number of halogens is 2. The Bertz CT molecular complexity index is 1170. The normalized spacial score (nSPS) is 13.6. The first-order chi connectivity index (χ1) is 16.5. The molecule has 34 heavy (non-hydrogen) atoms. The van der Waals surface area contributed by atoms with Crippen LogP contribution in [-0.2, 0) is 11.2 Å². The van der Waals surface area contributed by atoms with E-state index in [0.29, 0.717) is 50.5 Å². The van der Waals surface area contributed by atoms with E-state index in [1.165, 1.54) is 18.3 Å². The number of benzene rings is 1. The Hall–Kier alpha value is -3.64. The summed E-state index contributed by atoms with van der Waals surface area (Å²) in [6.07, 6.45) is 4.58. The maximum absolute atomic E-state index is 14.7. The van der Waals surface area contributed by atoms with Crippen molar-refractivity contribution < 1.29 is 18.3 Å². The zero-order valence-electron chi connectivity index (χ0n) is 18.2. The minimum atomic E-state index is -0.834. The molecule has 2 aromatic heterocycles. The number of aromatic nitrogens is 3. The standard InChI is InChI=1S/C22H22BF2N7O2/c23-29-4-1-13-9-14(24)19(15(25)10-13)17-12-28-21(26)20(30-17)22(33)31-16-11-27-3-2-18(16)32-5-7-34-8-6-32/h2-3,9-12,29H,1,4-8H2,(H2,26,28)(H,31,33). The Kier molecular flexibility index (Phi) is 7.29. The number of nitrogens with zero attached hydrogens (tertiary/aromatic N) is 4. The number of morpholine rings is 1. The van der Waals surface area contributed by atoms with Crippen molar-refractivity contribution in [1.29, 1.82) is 0 Å². The van der Waals surface area contributed by atoms with Crippen LogP contribution in [0.2, 0.25) is 0 Å². The van der Waals surface area contributed by atoms with Crippen LogP contribution in [0, 0.1) is 11.6 Å². The van der Waals surface area contributed by atoms with Crippen molar-refractivity contribution in [2.75, 3.05) is 48.8 Å². The first-order valence-electron chi connectivity index (χ1n) is 10.6. The van der Waals surface area contributed by atoms with Crippen molar-refractivity contribution in [2.24, 2.45) is 0 Å². The fourth-order valence-electron chi connectivity index (χ4n) is 3.66. The average Bonchev–Trinajstić information content (AvgIpc) is 2.84. The van der Waals surface area contributed by atoms with Gasteiger partial charge in [-0.15, -0.1) is 0 Å². The van der Waals surface area contributed by atoms with Crippen LogP contribution in [0.4, 0.5) is 26.0 Å². The monoisotopic (exact) mass is 465 g/mol. The number of nitrogens with one attached hydrogen (secondary N) is 2. The number of nitrogen functional groups attached to an aromatic ring is 1. The molecular weight excluding hydrogens is 443 g/mol. The number of pyridine rings is 1. The molecule has 1 fully saturated rings. The first kappa shape index (κ1) is 23.5. The molecule has 0 saturated carbocycles. The van der Waals surface area contributed by atoms with Gasteiger partial charge in [-0.05, 0) is 36.7 Å². The number of anilines is 3. The molecule has 4 N–H and O–H groups in total. The summed E-state index contributed by atoms with van der Waals surface area (Å²) in [4.78, 5) is 27.2. The Labute approximate surface area is 196 Å². The summed E-state index contributed by atoms with van der Waals surface area (Å²) in [6, 6.07) is 4.16. The molecule has 0 bridgehead atoms. The second kappa shape index (κ2) is 10.5. The molecule has 3 aromatic rings. The molecule has 2 radical (unpaired) electrons. The fourth-order valence-corrected chi connectivity index (χ4v) is 3.66. The molecule has 0 aliphatic carbocycles. The maximum Gasteiger partial charge on any atom is 0.278 e. The molecule has 4 rings (SSSR count). The third kappa shape index (κ3) is 5.13. The molecule has 0 unspecified atom stereocenters. The van der Waals surface area contributed by atoms with Crippen LogP contribution in [0.5, 0.6) is 0 Å². The molecule has 9 nitrogen and oxygen atoms in total. The Morgan fingerprint density at radius 3 is 2.65 bits per heavy atom. The minimum absolute atomic E-state index is 0.155. The number of carbonyl (C=O) groups is 1. The summed E-state index contributed by atoms with van der Waals surface area (Å²) in [5.41, 5.74) is 6.68. The third-order valence-corrected chi connectivity index (χ3v) is 5.33. The Morgan fingerprint density at radius 1 is 1.21 bits per heavy atom. The minimum Gasteiger partial charge on any atom is -0.382 e. The van der Waals surface area contributed by atoms with Gasteiger partial charge in [-0.3, -0.25) is 9.78 Å². The molecule has 0 atom stereocenters. The fraction of sp³-hybridized carbons (Fsp3) is 0.273. The smallest absolute Gasteiger partial charge is 0.278 e. The predicted octanol–water partition coefficient (Wildman–Crippen LogP) is 1.70.